The summed E-state index contributed by atoms with van der Waals surface area (Å²) in [6.07, 6.45) is 3.01. The topological polar surface area (TPSA) is 94.4 Å². The molecule has 0 saturated heterocycles. The van der Waals surface area contributed by atoms with Crippen molar-refractivity contribution in [1.82, 2.24) is 15.0 Å². The minimum absolute atomic E-state index is 0.00530. The number of carboxylic acids is 1. The first-order valence-corrected chi connectivity index (χ1v) is 10.3. The fraction of sp³-hybridized carbons (Fsp3) is 0.294. The molecule has 30 heavy (non-hydrogen) atoms. The third-order valence-electron chi connectivity index (χ3n) is 3.35. The van der Waals surface area contributed by atoms with Gasteiger partial charge in [0, 0.05) is 0 Å². The third kappa shape index (κ3) is 7.48. The van der Waals surface area contributed by atoms with Crippen molar-refractivity contribution in [3.63, 3.8) is 0 Å². The average molecular weight is 536 g/mol. The van der Waals surface area contributed by atoms with E-state index in [-0.39, 0.29) is 30.5 Å². The maximum absolute atomic E-state index is 10.6. The SMILES string of the molecule is COc1cc(C=Cc2nc(C(Cl)(Cl)Cl)nc(C(Cl)(Cl)Cl)n2)ccc1OCCC(=O)O. The van der Waals surface area contributed by atoms with Crippen LogP contribution in [-0.2, 0) is 12.4 Å². The Hall–Kier alpha value is -1.22. The molecule has 1 N–H and O–H groups in total. The molecule has 1 aromatic carbocycles. The molecule has 0 atom stereocenters. The number of rotatable bonds is 7. The summed E-state index contributed by atoms with van der Waals surface area (Å²) in [7, 11) is 1.46. The molecule has 0 aliphatic heterocycles. The number of carbonyl (C=O) groups is 1. The maximum atomic E-state index is 10.6. The number of carboxylic acid groups (broad SMARTS) is 1. The predicted molar refractivity (Wildman–Crippen MR) is 118 cm³/mol. The van der Waals surface area contributed by atoms with Crippen molar-refractivity contribution in [2.45, 2.75) is 14.0 Å². The molecular formula is C17H13Cl6N3O4. The van der Waals surface area contributed by atoms with E-state index in [2.05, 4.69) is 15.0 Å². The molecule has 2 rings (SSSR count). The number of alkyl halides is 6. The molecule has 13 heteroatoms. The highest BCUT2D eigenvalue weighted by Gasteiger charge is 2.33. The normalized spacial score (nSPS) is 12.2. The van der Waals surface area contributed by atoms with Crippen molar-refractivity contribution in [3.8, 4) is 11.5 Å². The van der Waals surface area contributed by atoms with Gasteiger partial charge in [0.2, 0.25) is 7.59 Å². The number of ether oxygens (including phenoxy) is 2. The van der Waals surface area contributed by atoms with E-state index in [0.717, 1.165) is 0 Å². The molecule has 0 bridgehead atoms. The maximum Gasteiger partial charge on any atom is 0.306 e. The molecule has 0 amide bonds. The van der Waals surface area contributed by atoms with Gasteiger partial charge in [-0.2, -0.15) is 0 Å². The summed E-state index contributed by atoms with van der Waals surface area (Å²) in [4.78, 5) is 22.6. The van der Waals surface area contributed by atoms with Crippen LogP contribution < -0.4 is 9.47 Å². The molecule has 162 valence electrons. The molecular weight excluding hydrogens is 523 g/mol. The monoisotopic (exact) mass is 533 g/mol. The Bertz CT molecular complexity index is 912. The molecule has 0 radical (unpaired) electrons. The van der Waals surface area contributed by atoms with Gasteiger partial charge in [0.15, 0.2) is 29.0 Å². The summed E-state index contributed by atoms with van der Waals surface area (Å²) in [6, 6.07) is 5.01. The van der Waals surface area contributed by atoms with Crippen LogP contribution in [0.25, 0.3) is 12.2 Å². The van der Waals surface area contributed by atoms with Crippen molar-refractivity contribution in [2.24, 2.45) is 0 Å². The first-order chi connectivity index (χ1) is 13.9. The molecule has 0 aliphatic rings. The molecule has 0 aliphatic carbocycles. The molecule has 0 fully saturated rings. The zero-order valence-electron chi connectivity index (χ0n) is 15.1. The number of methoxy groups -OCH3 is 1. The molecule has 0 unspecified atom stereocenters. The van der Waals surface area contributed by atoms with Crippen LogP contribution in [0.3, 0.4) is 0 Å². The number of hydrogen-bond donors (Lipinski definition) is 1. The molecule has 1 aromatic heterocycles. The van der Waals surface area contributed by atoms with Crippen LogP contribution in [0.5, 0.6) is 11.5 Å². The fourth-order valence-electron chi connectivity index (χ4n) is 2.05. The minimum Gasteiger partial charge on any atom is -0.493 e. The second kappa shape index (κ2) is 10.4. The number of aromatic nitrogens is 3. The lowest BCUT2D eigenvalue weighted by atomic mass is 10.2. The smallest absolute Gasteiger partial charge is 0.306 e. The van der Waals surface area contributed by atoms with Gasteiger partial charge >= 0.3 is 5.97 Å². The first kappa shape index (κ1) is 25.0. The van der Waals surface area contributed by atoms with E-state index in [1.165, 1.54) is 13.2 Å². The van der Waals surface area contributed by atoms with E-state index in [1.54, 1.807) is 24.3 Å². The van der Waals surface area contributed by atoms with Crippen LogP contribution in [0, 0.1) is 0 Å². The van der Waals surface area contributed by atoms with Crippen LogP contribution in [0.1, 0.15) is 29.5 Å². The molecule has 0 spiro atoms. The minimum atomic E-state index is -1.95. The van der Waals surface area contributed by atoms with Gasteiger partial charge in [-0.3, -0.25) is 4.79 Å². The second-order valence-electron chi connectivity index (χ2n) is 5.57. The summed E-state index contributed by atoms with van der Waals surface area (Å²) in [5, 5.41) is 8.69. The quantitative estimate of drug-likeness (QED) is 0.464. The summed E-state index contributed by atoms with van der Waals surface area (Å²) < 4.78 is 6.78. The van der Waals surface area contributed by atoms with E-state index < -0.39 is 13.6 Å². The summed E-state index contributed by atoms with van der Waals surface area (Å²) in [5.41, 5.74) is 0.684. The Morgan fingerprint density at radius 1 is 1.00 bits per heavy atom. The zero-order chi connectivity index (χ0) is 22.5. The van der Waals surface area contributed by atoms with Gasteiger partial charge in [-0.05, 0) is 23.8 Å². The van der Waals surface area contributed by atoms with Gasteiger partial charge in [0.05, 0.1) is 20.1 Å². The zero-order valence-corrected chi connectivity index (χ0v) is 19.6. The molecule has 7 nitrogen and oxygen atoms in total. The van der Waals surface area contributed by atoms with E-state index in [0.29, 0.717) is 17.1 Å². The van der Waals surface area contributed by atoms with Crippen LogP contribution in [0.15, 0.2) is 18.2 Å². The van der Waals surface area contributed by atoms with Crippen LogP contribution in [-0.4, -0.2) is 39.7 Å². The lowest BCUT2D eigenvalue weighted by Crippen LogP contribution is -2.16. The Morgan fingerprint density at radius 2 is 1.60 bits per heavy atom. The lowest BCUT2D eigenvalue weighted by Gasteiger charge is -2.14. The van der Waals surface area contributed by atoms with E-state index in [1.807, 2.05) is 0 Å². The average Bonchev–Trinajstić information content (AvgIpc) is 2.65. The van der Waals surface area contributed by atoms with Crippen molar-refractivity contribution < 1.29 is 19.4 Å². The van der Waals surface area contributed by atoms with E-state index >= 15 is 0 Å². The summed E-state index contributed by atoms with van der Waals surface area (Å²) in [6.45, 7) is 0.00530. The Morgan fingerprint density at radius 3 is 2.10 bits per heavy atom. The van der Waals surface area contributed by atoms with Gasteiger partial charge in [0.25, 0.3) is 0 Å². The number of nitrogens with zero attached hydrogens (tertiary/aromatic N) is 3. The predicted octanol–water partition coefficient (Wildman–Crippen LogP) is 5.56. The lowest BCUT2D eigenvalue weighted by molar-refractivity contribution is -0.137. The highest BCUT2D eigenvalue weighted by molar-refractivity contribution is 6.67. The highest BCUT2D eigenvalue weighted by Crippen LogP contribution is 2.40. The van der Waals surface area contributed by atoms with E-state index in [4.69, 9.17) is 84.2 Å². The molecule has 1 heterocycles. The summed E-state index contributed by atoms with van der Waals surface area (Å²) in [5.74, 6) is -0.482. The largest absolute Gasteiger partial charge is 0.493 e. The second-order valence-corrected chi connectivity index (χ2v) is 10.1. The molecule has 0 saturated carbocycles. The van der Waals surface area contributed by atoms with Crippen molar-refractivity contribution in [3.05, 3.63) is 41.2 Å². The van der Waals surface area contributed by atoms with Gasteiger partial charge in [-0.25, -0.2) is 15.0 Å². The Labute approximate surface area is 201 Å². The van der Waals surface area contributed by atoms with Gasteiger partial charge < -0.3 is 14.6 Å². The van der Waals surface area contributed by atoms with Crippen LogP contribution in [0.4, 0.5) is 0 Å². The van der Waals surface area contributed by atoms with Gasteiger partial charge in [-0.1, -0.05) is 81.7 Å². The molecule has 2 aromatic rings. The number of hydrogen-bond acceptors (Lipinski definition) is 6. The number of halogens is 6. The Balaban J connectivity index is 2.31. The van der Waals surface area contributed by atoms with E-state index in [9.17, 15) is 4.79 Å². The van der Waals surface area contributed by atoms with Gasteiger partial charge in [-0.15, -0.1) is 0 Å². The van der Waals surface area contributed by atoms with Crippen LogP contribution in [0.2, 0.25) is 0 Å². The first-order valence-electron chi connectivity index (χ1n) is 8.01. The highest BCUT2D eigenvalue weighted by atomic mass is 35.6. The fourth-order valence-corrected chi connectivity index (χ4v) is 2.55. The van der Waals surface area contributed by atoms with Crippen molar-refractivity contribution in [2.75, 3.05) is 13.7 Å². The van der Waals surface area contributed by atoms with Crippen molar-refractivity contribution >= 4 is 87.7 Å². The third-order valence-corrected chi connectivity index (χ3v) is 4.36. The number of benzene rings is 1. The summed E-state index contributed by atoms with van der Waals surface area (Å²) >= 11 is 35.1. The van der Waals surface area contributed by atoms with Crippen molar-refractivity contribution in [1.29, 1.82) is 0 Å². The van der Waals surface area contributed by atoms with Crippen LogP contribution >= 0.6 is 69.6 Å². The number of aliphatic carboxylic acids is 1. The standard InChI is InChI=1S/C17H13Cl6N3O4/c1-29-11-8-9(2-4-10(11)30-7-6-13(27)28)3-5-12-24-14(16(18,19)20)26-15(25-12)17(21,22)23/h2-5,8H,6-7H2,1H3,(H,27,28). The Kier molecular flexibility index (Phi) is 8.68. The van der Waals surface area contributed by atoms with Gasteiger partial charge in [0.1, 0.15) is 0 Å².